The average Bonchev–Trinajstić information content (AvgIpc) is 2.84. The summed E-state index contributed by atoms with van der Waals surface area (Å²) in [6.07, 6.45) is 1.49. The molecule has 4 rings (SSSR count). The quantitative estimate of drug-likeness (QED) is 0.585. The van der Waals surface area contributed by atoms with Crippen molar-refractivity contribution in [1.82, 2.24) is 10.2 Å². The van der Waals surface area contributed by atoms with Crippen LogP contribution < -0.4 is 19.7 Å². The van der Waals surface area contributed by atoms with Crippen LogP contribution in [0.3, 0.4) is 0 Å². The van der Waals surface area contributed by atoms with E-state index in [9.17, 15) is 4.79 Å². The molecule has 1 saturated heterocycles. The zero-order chi connectivity index (χ0) is 22.5. The first-order valence-corrected chi connectivity index (χ1v) is 10.8. The molecule has 1 aliphatic rings. The van der Waals surface area contributed by atoms with E-state index in [1.807, 2.05) is 36.4 Å². The van der Waals surface area contributed by atoms with Crippen molar-refractivity contribution in [3.8, 4) is 22.8 Å². The molecule has 1 fully saturated rings. The Labute approximate surface area is 192 Å². The molecule has 0 radical (unpaired) electrons. The van der Waals surface area contributed by atoms with Crippen molar-refractivity contribution in [2.75, 3.05) is 37.5 Å². The number of ether oxygens (including phenoxy) is 2. The van der Waals surface area contributed by atoms with Gasteiger partial charge in [0.2, 0.25) is 5.91 Å². The van der Waals surface area contributed by atoms with Gasteiger partial charge in [-0.2, -0.15) is 0 Å². The summed E-state index contributed by atoms with van der Waals surface area (Å²) in [5.74, 6) is 2.03. The van der Waals surface area contributed by atoms with E-state index in [4.69, 9.17) is 21.1 Å². The Morgan fingerprint density at radius 2 is 1.62 bits per heavy atom. The third-order valence-corrected chi connectivity index (χ3v) is 5.85. The fourth-order valence-electron chi connectivity index (χ4n) is 3.76. The van der Waals surface area contributed by atoms with E-state index < -0.39 is 0 Å². The maximum Gasteiger partial charge on any atom is 0.227 e. The standard InChI is InChI=1S/C24H25ClN4O3/c1-31-20-13-19(14-21(15-20)32-2)26-24(30)17-9-11-29(12-10-17)23-8-7-22(27-28-23)16-3-5-18(25)6-4-16/h3-8,13-15,17H,9-12H2,1-2H3,(H,26,30). The fourth-order valence-corrected chi connectivity index (χ4v) is 3.89. The summed E-state index contributed by atoms with van der Waals surface area (Å²) >= 11 is 5.95. The minimum Gasteiger partial charge on any atom is -0.497 e. The summed E-state index contributed by atoms with van der Waals surface area (Å²) < 4.78 is 10.5. The Bertz CT molecular complexity index is 1040. The van der Waals surface area contributed by atoms with Gasteiger partial charge in [0.25, 0.3) is 0 Å². The van der Waals surface area contributed by atoms with E-state index in [1.54, 1.807) is 32.4 Å². The Kier molecular flexibility index (Phi) is 6.75. The number of amides is 1. The highest BCUT2D eigenvalue weighted by molar-refractivity contribution is 6.30. The van der Waals surface area contributed by atoms with Crippen LogP contribution in [0, 0.1) is 5.92 Å². The average molecular weight is 453 g/mol. The maximum absolute atomic E-state index is 12.8. The molecule has 0 bridgehead atoms. The highest BCUT2D eigenvalue weighted by atomic mass is 35.5. The molecule has 2 heterocycles. The molecule has 1 aliphatic heterocycles. The van der Waals surface area contributed by atoms with Crippen LogP contribution in [0.4, 0.5) is 11.5 Å². The number of benzene rings is 2. The summed E-state index contributed by atoms with van der Waals surface area (Å²) in [6, 6.07) is 16.8. The minimum absolute atomic E-state index is 0.00382. The summed E-state index contributed by atoms with van der Waals surface area (Å²) in [4.78, 5) is 15.0. The van der Waals surface area contributed by atoms with Crippen LogP contribution in [0.15, 0.2) is 54.6 Å². The lowest BCUT2D eigenvalue weighted by atomic mass is 9.95. The Hall–Kier alpha value is -3.32. The highest BCUT2D eigenvalue weighted by Crippen LogP contribution is 2.28. The fraction of sp³-hybridized carbons (Fsp3) is 0.292. The van der Waals surface area contributed by atoms with E-state index in [1.165, 1.54) is 0 Å². The van der Waals surface area contributed by atoms with E-state index in [0.29, 0.717) is 22.2 Å². The molecule has 0 spiro atoms. The molecule has 0 atom stereocenters. The number of hydrogen-bond acceptors (Lipinski definition) is 6. The van der Waals surface area contributed by atoms with Crippen LogP contribution in [0.5, 0.6) is 11.5 Å². The number of nitrogens with one attached hydrogen (secondary N) is 1. The van der Waals surface area contributed by atoms with Crippen LogP contribution in [0.2, 0.25) is 5.02 Å². The van der Waals surface area contributed by atoms with Gasteiger partial charge in [-0.05, 0) is 37.1 Å². The van der Waals surface area contributed by atoms with Crippen molar-refractivity contribution in [3.05, 3.63) is 59.6 Å². The molecule has 2 aromatic carbocycles. The number of nitrogens with zero attached hydrogens (tertiary/aromatic N) is 3. The Morgan fingerprint density at radius 1 is 0.969 bits per heavy atom. The van der Waals surface area contributed by atoms with Crippen LogP contribution in [0.25, 0.3) is 11.3 Å². The first-order valence-electron chi connectivity index (χ1n) is 10.4. The molecule has 1 amide bonds. The van der Waals surface area contributed by atoms with Gasteiger partial charge in [-0.3, -0.25) is 4.79 Å². The molecular formula is C24H25ClN4O3. The molecule has 0 saturated carbocycles. The number of halogens is 1. The first-order chi connectivity index (χ1) is 15.6. The SMILES string of the molecule is COc1cc(NC(=O)C2CCN(c3ccc(-c4ccc(Cl)cc4)nn3)CC2)cc(OC)c1. The first kappa shape index (κ1) is 21.9. The maximum atomic E-state index is 12.8. The van der Waals surface area contributed by atoms with Gasteiger partial charge in [0.1, 0.15) is 11.5 Å². The second-order valence-electron chi connectivity index (χ2n) is 7.64. The van der Waals surface area contributed by atoms with Crippen molar-refractivity contribution in [2.24, 2.45) is 5.92 Å². The molecule has 3 aromatic rings. The molecule has 7 nitrogen and oxygen atoms in total. The second-order valence-corrected chi connectivity index (χ2v) is 8.07. The Balaban J connectivity index is 1.34. The van der Waals surface area contributed by atoms with E-state index in [0.717, 1.165) is 43.0 Å². The zero-order valence-corrected chi connectivity index (χ0v) is 18.8. The number of carbonyl (C=O) groups excluding carboxylic acids is 1. The number of rotatable bonds is 6. The summed E-state index contributed by atoms with van der Waals surface area (Å²) in [6.45, 7) is 1.49. The predicted octanol–water partition coefficient (Wildman–Crippen LogP) is 4.67. The van der Waals surface area contributed by atoms with E-state index >= 15 is 0 Å². The van der Waals surface area contributed by atoms with E-state index in [2.05, 4.69) is 20.4 Å². The largest absolute Gasteiger partial charge is 0.497 e. The van der Waals surface area contributed by atoms with Gasteiger partial charge in [-0.1, -0.05) is 23.7 Å². The van der Waals surface area contributed by atoms with Crippen molar-refractivity contribution in [3.63, 3.8) is 0 Å². The Morgan fingerprint density at radius 3 is 2.19 bits per heavy atom. The number of hydrogen-bond donors (Lipinski definition) is 1. The molecule has 166 valence electrons. The molecule has 1 N–H and O–H groups in total. The third-order valence-electron chi connectivity index (χ3n) is 5.60. The predicted molar refractivity (Wildman–Crippen MR) is 126 cm³/mol. The van der Waals surface area contributed by atoms with Crippen LogP contribution in [-0.2, 0) is 4.79 Å². The molecule has 8 heteroatoms. The lowest BCUT2D eigenvalue weighted by Gasteiger charge is -2.31. The van der Waals surface area contributed by atoms with Crippen molar-refractivity contribution in [1.29, 1.82) is 0 Å². The number of aromatic nitrogens is 2. The van der Waals surface area contributed by atoms with Gasteiger partial charge in [-0.25, -0.2) is 0 Å². The number of methoxy groups -OCH3 is 2. The smallest absolute Gasteiger partial charge is 0.227 e. The van der Waals surface area contributed by atoms with Gasteiger partial charge >= 0.3 is 0 Å². The minimum atomic E-state index is -0.0651. The molecule has 32 heavy (non-hydrogen) atoms. The number of piperidine rings is 1. The van der Waals surface area contributed by atoms with E-state index in [-0.39, 0.29) is 11.8 Å². The van der Waals surface area contributed by atoms with Crippen LogP contribution >= 0.6 is 11.6 Å². The molecular weight excluding hydrogens is 428 g/mol. The molecule has 0 unspecified atom stereocenters. The normalized spacial score (nSPS) is 14.2. The van der Waals surface area contributed by atoms with Gasteiger partial charge in [0.05, 0.1) is 19.9 Å². The van der Waals surface area contributed by atoms with Crippen molar-refractivity contribution < 1.29 is 14.3 Å². The third kappa shape index (κ3) is 5.11. The summed E-state index contributed by atoms with van der Waals surface area (Å²) in [7, 11) is 3.17. The monoisotopic (exact) mass is 452 g/mol. The second kappa shape index (κ2) is 9.87. The number of anilines is 2. The van der Waals surface area contributed by atoms with Gasteiger partial charge < -0.3 is 19.7 Å². The summed E-state index contributed by atoms with van der Waals surface area (Å²) in [5.41, 5.74) is 2.43. The summed E-state index contributed by atoms with van der Waals surface area (Å²) in [5, 5.41) is 12.4. The number of carbonyl (C=O) groups is 1. The van der Waals surface area contributed by atoms with Crippen LogP contribution in [-0.4, -0.2) is 43.4 Å². The van der Waals surface area contributed by atoms with Crippen LogP contribution in [0.1, 0.15) is 12.8 Å². The van der Waals surface area contributed by atoms with Gasteiger partial charge in [0.15, 0.2) is 5.82 Å². The molecule has 1 aromatic heterocycles. The lowest BCUT2D eigenvalue weighted by Crippen LogP contribution is -2.38. The van der Waals surface area contributed by atoms with Gasteiger partial charge in [0, 0.05) is 53.5 Å². The van der Waals surface area contributed by atoms with Crippen molar-refractivity contribution >= 4 is 29.0 Å². The topological polar surface area (TPSA) is 76.6 Å². The highest BCUT2D eigenvalue weighted by Gasteiger charge is 2.26. The zero-order valence-electron chi connectivity index (χ0n) is 18.0. The lowest BCUT2D eigenvalue weighted by molar-refractivity contribution is -0.120. The van der Waals surface area contributed by atoms with Crippen molar-refractivity contribution in [2.45, 2.75) is 12.8 Å². The molecule has 0 aliphatic carbocycles. The van der Waals surface area contributed by atoms with Gasteiger partial charge in [-0.15, -0.1) is 10.2 Å².